The molecule has 74 valence electrons. The van der Waals surface area contributed by atoms with Gasteiger partial charge in [0.05, 0.1) is 6.61 Å². The molecule has 0 saturated carbocycles. The highest BCUT2D eigenvalue weighted by atomic mass is 32.2. The van der Waals surface area contributed by atoms with Gasteiger partial charge in [0.1, 0.15) is 0 Å². The van der Waals surface area contributed by atoms with Crippen molar-refractivity contribution < 1.29 is 12.6 Å². The molecule has 5 heteroatoms. The van der Waals surface area contributed by atoms with Crippen LogP contribution in [0.15, 0.2) is 0 Å². The van der Waals surface area contributed by atoms with E-state index < -0.39 is 10.3 Å². The van der Waals surface area contributed by atoms with E-state index in [-0.39, 0.29) is 6.61 Å². The molecule has 0 radical (unpaired) electrons. The molecule has 4 nitrogen and oxygen atoms in total. The second-order valence-electron chi connectivity index (χ2n) is 3.24. The van der Waals surface area contributed by atoms with E-state index in [1.54, 1.807) is 0 Å². The van der Waals surface area contributed by atoms with E-state index in [1.165, 1.54) is 14.1 Å². The van der Waals surface area contributed by atoms with Crippen molar-refractivity contribution in [2.24, 2.45) is 5.92 Å². The lowest BCUT2D eigenvalue weighted by Crippen LogP contribution is -2.25. The van der Waals surface area contributed by atoms with Gasteiger partial charge in [-0.2, -0.15) is 12.7 Å². The number of hydrogen-bond donors (Lipinski definition) is 0. The Morgan fingerprint density at radius 2 is 1.83 bits per heavy atom. The van der Waals surface area contributed by atoms with Crippen molar-refractivity contribution in [1.82, 2.24) is 4.31 Å². The topological polar surface area (TPSA) is 46.6 Å². The fourth-order valence-electron chi connectivity index (χ4n) is 0.495. The lowest BCUT2D eigenvalue weighted by Gasteiger charge is -2.11. The lowest BCUT2D eigenvalue weighted by atomic mass is 10.2. The van der Waals surface area contributed by atoms with Crippen LogP contribution >= 0.6 is 0 Å². The molecule has 0 amide bonds. The summed E-state index contributed by atoms with van der Waals surface area (Å²) in [5.74, 6) is 0.461. The zero-order chi connectivity index (χ0) is 9.78. The molecule has 0 aromatic rings. The van der Waals surface area contributed by atoms with Crippen molar-refractivity contribution in [3.05, 3.63) is 0 Å². The predicted molar refractivity (Wildman–Crippen MR) is 48.0 cm³/mol. The zero-order valence-corrected chi connectivity index (χ0v) is 8.89. The summed E-state index contributed by atoms with van der Waals surface area (Å²) >= 11 is 0. The van der Waals surface area contributed by atoms with Crippen LogP contribution in [0.2, 0.25) is 0 Å². The molecule has 0 atom stereocenters. The van der Waals surface area contributed by atoms with Gasteiger partial charge in [0.15, 0.2) is 0 Å². The molecular formula is C7H17NO3S. The molecule has 0 aromatic carbocycles. The van der Waals surface area contributed by atoms with Gasteiger partial charge in [-0.05, 0) is 12.3 Å². The van der Waals surface area contributed by atoms with Crippen LogP contribution in [0.4, 0.5) is 0 Å². The van der Waals surface area contributed by atoms with Crippen LogP contribution < -0.4 is 0 Å². The Kier molecular flexibility index (Phi) is 4.74. The molecule has 0 spiro atoms. The van der Waals surface area contributed by atoms with Crippen molar-refractivity contribution in [2.75, 3.05) is 20.7 Å². The first-order valence-electron chi connectivity index (χ1n) is 3.93. The van der Waals surface area contributed by atoms with Crippen LogP contribution in [-0.4, -0.2) is 33.4 Å². The average molecular weight is 195 g/mol. The minimum atomic E-state index is -3.46. The van der Waals surface area contributed by atoms with Crippen molar-refractivity contribution in [3.8, 4) is 0 Å². The average Bonchev–Trinajstić information content (AvgIpc) is 1.85. The molecule has 0 aromatic heterocycles. The second-order valence-corrected chi connectivity index (χ2v) is 5.07. The molecule has 0 aliphatic rings. The Bertz CT molecular complexity index is 209. The van der Waals surface area contributed by atoms with Gasteiger partial charge in [-0.15, -0.1) is 0 Å². The number of nitrogens with zero attached hydrogens (tertiary/aromatic N) is 1. The Morgan fingerprint density at radius 1 is 1.33 bits per heavy atom. The van der Waals surface area contributed by atoms with E-state index in [4.69, 9.17) is 4.18 Å². The van der Waals surface area contributed by atoms with E-state index >= 15 is 0 Å². The van der Waals surface area contributed by atoms with Gasteiger partial charge < -0.3 is 0 Å². The molecule has 0 unspecified atom stereocenters. The maximum Gasteiger partial charge on any atom is 0.337 e. The fourth-order valence-corrected chi connectivity index (χ4v) is 1.01. The third-order valence-corrected chi connectivity index (χ3v) is 2.73. The summed E-state index contributed by atoms with van der Waals surface area (Å²) in [5.41, 5.74) is 0. The first-order chi connectivity index (χ1) is 5.36. The molecule has 0 N–H and O–H groups in total. The van der Waals surface area contributed by atoms with Crippen LogP contribution in [0.5, 0.6) is 0 Å². The molecule has 0 rings (SSSR count). The highest BCUT2D eigenvalue weighted by Crippen LogP contribution is 2.03. The van der Waals surface area contributed by atoms with E-state index in [2.05, 4.69) is 0 Å². The Labute approximate surface area is 74.8 Å². The largest absolute Gasteiger partial charge is 0.337 e. The van der Waals surface area contributed by atoms with Crippen molar-refractivity contribution in [3.63, 3.8) is 0 Å². The van der Waals surface area contributed by atoms with Gasteiger partial charge in [-0.3, -0.25) is 4.18 Å². The van der Waals surface area contributed by atoms with E-state index in [1.807, 2.05) is 13.8 Å². The molecule has 12 heavy (non-hydrogen) atoms. The smallest absolute Gasteiger partial charge is 0.258 e. The zero-order valence-electron chi connectivity index (χ0n) is 8.07. The summed E-state index contributed by atoms with van der Waals surface area (Å²) < 4.78 is 27.8. The molecule has 0 heterocycles. The summed E-state index contributed by atoms with van der Waals surface area (Å²) in [4.78, 5) is 0. The maximum absolute atomic E-state index is 11.0. The molecule has 0 fully saturated rings. The molecule has 0 aliphatic carbocycles. The van der Waals surface area contributed by atoms with Crippen LogP contribution in [0.25, 0.3) is 0 Å². The van der Waals surface area contributed by atoms with Crippen molar-refractivity contribution in [1.29, 1.82) is 0 Å². The summed E-state index contributed by atoms with van der Waals surface area (Å²) in [6.07, 6.45) is 0.757. The van der Waals surface area contributed by atoms with Crippen molar-refractivity contribution >= 4 is 10.3 Å². The van der Waals surface area contributed by atoms with E-state index in [0.29, 0.717) is 5.92 Å². The summed E-state index contributed by atoms with van der Waals surface area (Å²) in [6.45, 7) is 4.30. The lowest BCUT2D eigenvalue weighted by molar-refractivity contribution is 0.269. The second kappa shape index (κ2) is 4.79. The third kappa shape index (κ3) is 4.69. The molecule has 0 aliphatic heterocycles. The predicted octanol–water partition coefficient (Wildman–Crippen LogP) is 0.856. The van der Waals surface area contributed by atoms with Gasteiger partial charge in [0.25, 0.3) is 0 Å². The van der Waals surface area contributed by atoms with Gasteiger partial charge in [0.2, 0.25) is 0 Å². The minimum Gasteiger partial charge on any atom is -0.258 e. The van der Waals surface area contributed by atoms with Gasteiger partial charge in [-0.25, -0.2) is 0 Å². The molecule has 0 saturated heterocycles. The quantitative estimate of drug-likeness (QED) is 0.653. The van der Waals surface area contributed by atoms with E-state index in [0.717, 1.165) is 10.7 Å². The minimum absolute atomic E-state index is 0.262. The fraction of sp³-hybridized carbons (Fsp3) is 1.00. The normalized spacial score (nSPS) is 12.8. The van der Waals surface area contributed by atoms with Crippen LogP contribution in [0.1, 0.15) is 20.3 Å². The SMILES string of the molecule is CC(C)CCOS(=O)(=O)N(C)C. The van der Waals surface area contributed by atoms with Gasteiger partial charge in [0, 0.05) is 14.1 Å². The third-order valence-electron chi connectivity index (χ3n) is 1.37. The summed E-state index contributed by atoms with van der Waals surface area (Å²) in [5, 5.41) is 0. The Balaban J connectivity index is 3.79. The van der Waals surface area contributed by atoms with Crippen molar-refractivity contribution in [2.45, 2.75) is 20.3 Å². The first-order valence-corrected chi connectivity index (χ1v) is 5.29. The standard InChI is InChI=1S/C7H17NO3S/c1-7(2)5-6-11-12(9,10)8(3)4/h7H,5-6H2,1-4H3. The molecule has 0 bridgehead atoms. The monoisotopic (exact) mass is 195 g/mol. The summed E-state index contributed by atoms with van der Waals surface area (Å²) in [7, 11) is -0.562. The maximum atomic E-state index is 11.0. The van der Waals surface area contributed by atoms with E-state index in [9.17, 15) is 8.42 Å². The first kappa shape index (κ1) is 11.9. The van der Waals surface area contributed by atoms with Crippen LogP contribution in [0, 0.1) is 5.92 Å². The summed E-state index contributed by atoms with van der Waals surface area (Å²) in [6, 6.07) is 0. The van der Waals surface area contributed by atoms with Gasteiger partial charge in [-0.1, -0.05) is 13.8 Å². The van der Waals surface area contributed by atoms with Crippen LogP contribution in [0.3, 0.4) is 0 Å². The number of rotatable bonds is 5. The number of hydrogen-bond acceptors (Lipinski definition) is 3. The van der Waals surface area contributed by atoms with Crippen LogP contribution in [-0.2, 0) is 14.5 Å². The highest BCUT2D eigenvalue weighted by molar-refractivity contribution is 7.84. The highest BCUT2D eigenvalue weighted by Gasteiger charge is 2.13. The molecular weight excluding hydrogens is 178 g/mol. The Hall–Kier alpha value is -0.130. The van der Waals surface area contributed by atoms with Gasteiger partial charge >= 0.3 is 10.3 Å². The Morgan fingerprint density at radius 3 is 2.17 bits per heavy atom.